The number of aryl methyl sites for hydroxylation is 1. The Labute approximate surface area is 131 Å². The molecular formula is C16H26N2O2S. The highest BCUT2D eigenvalue weighted by Gasteiger charge is 2.17. The molecule has 1 aliphatic rings. The fourth-order valence-corrected chi connectivity index (χ4v) is 3.73. The molecule has 1 aliphatic carbocycles. The van der Waals surface area contributed by atoms with Crippen molar-refractivity contribution in [3.63, 3.8) is 0 Å². The summed E-state index contributed by atoms with van der Waals surface area (Å²) in [4.78, 5) is 14.4. The molecule has 1 atom stereocenters. The molecule has 1 unspecified atom stereocenters. The molecule has 1 aromatic rings. The number of urea groups is 1. The SMILES string of the molecule is COC(CNC(=O)NC1CCCCCC1)c1ccc(C)s1. The fraction of sp³-hybridized carbons (Fsp3) is 0.688. The molecule has 0 radical (unpaired) electrons. The number of amides is 2. The van der Waals surface area contributed by atoms with Gasteiger partial charge in [-0.3, -0.25) is 0 Å². The third-order valence-electron chi connectivity index (χ3n) is 4.00. The van der Waals surface area contributed by atoms with Crippen LogP contribution in [-0.4, -0.2) is 25.7 Å². The van der Waals surface area contributed by atoms with Crippen LogP contribution >= 0.6 is 11.3 Å². The van der Waals surface area contributed by atoms with Gasteiger partial charge in [-0.25, -0.2) is 4.79 Å². The summed E-state index contributed by atoms with van der Waals surface area (Å²) >= 11 is 1.71. The number of hydrogen-bond acceptors (Lipinski definition) is 3. The van der Waals surface area contributed by atoms with Crippen molar-refractivity contribution in [1.82, 2.24) is 10.6 Å². The first-order valence-corrected chi connectivity index (χ1v) is 8.64. The number of nitrogens with one attached hydrogen (secondary N) is 2. The predicted molar refractivity (Wildman–Crippen MR) is 86.8 cm³/mol. The maximum atomic E-state index is 12.0. The minimum Gasteiger partial charge on any atom is -0.374 e. The summed E-state index contributed by atoms with van der Waals surface area (Å²) in [7, 11) is 1.69. The summed E-state index contributed by atoms with van der Waals surface area (Å²) in [6.45, 7) is 2.59. The first kappa shape index (κ1) is 16.3. The van der Waals surface area contributed by atoms with E-state index >= 15 is 0 Å². The molecule has 1 fully saturated rings. The first-order valence-electron chi connectivity index (χ1n) is 7.82. The van der Waals surface area contributed by atoms with Crippen molar-refractivity contribution in [2.24, 2.45) is 0 Å². The van der Waals surface area contributed by atoms with Crippen LogP contribution in [0.4, 0.5) is 4.79 Å². The Morgan fingerprint density at radius 3 is 2.62 bits per heavy atom. The Hall–Kier alpha value is -1.07. The molecule has 2 rings (SSSR count). The predicted octanol–water partition coefficient (Wildman–Crippen LogP) is 3.77. The molecule has 2 N–H and O–H groups in total. The van der Waals surface area contributed by atoms with Crippen LogP contribution in [-0.2, 0) is 4.74 Å². The van der Waals surface area contributed by atoms with Crippen molar-refractivity contribution in [2.45, 2.75) is 57.6 Å². The zero-order valence-electron chi connectivity index (χ0n) is 13.0. The van der Waals surface area contributed by atoms with Crippen molar-refractivity contribution < 1.29 is 9.53 Å². The quantitative estimate of drug-likeness (QED) is 0.813. The maximum Gasteiger partial charge on any atom is 0.315 e. The standard InChI is InChI=1S/C16H26N2O2S/c1-12-9-10-15(21-12)14(20-2)11-17-16(19)18-13-7-5-3-4-6-8-13/h9-10,13-14H,3-8,11H2,1-2H3,(H2,17,18,19). The Bertz CT molecular complexity index is 439. The van der Waals surface area contributed by atoms with E-state index in [1.165, 1.54) is 30.6 Å². The van der Waals surface area contributed by atoms with Crippen LogP contribution in [0, 0.1) is 6.92 Å². The Kier molecular flexibility index (Phi) is 6.51. The molecular weight excluding hydrogens is 284 g/mol. The number of carbonyl (C=O) groups is 1. The average Bonchev–Trinajstić information content (AvgIpc) is 2.74. The van der Waals surface area contributed by atoms with Gasteiger partial charge in [0.1, 0.15) is 6.10 Å². The third-order valence-corrected chi connectivity index (χ3v) is 5.09. The number of thiophene rings is 1. The van der Waals surface area contributed by atoms with Crippen LogP contribution in [0.2, 0.25) is 0 Å². The minimum atomic E-state index is -0.0720. The van der Waals surface area contributed by atoms with Crippen LogP contribution in [0.1, 0.15) is 54.4 Å². The van der Waals surface area contributed by atoms with Gasteiger partial charge in [0.05, 0.1) is 6.54 Å². The zero-order valence-corrected chi connectivity index (χ0v) is 13.8. The van der Waals surface area contributed by atoms with Crippen LogP contribution < -0.4 is 10.6 Å². The van der Waals surface area contributed by atoms with E-state index < -0.39 is 0 Å². The molecule has 21 heavy (non-hydrogen) atoms. The third kappa shape index (κ3) is 5.32. The Morgan fingerprint density at radius 2 is 2.05 bits per heavy atom. The van der Waals surface area contributed by atoms with E-state index in [9.17, 15) is 4.79 Å². The van der Waals surface area contributed by atoms with E-state index in [-0.39, 0.29) is 12.1 Å². The summed E-state index contributed by atoms with van der Waals surface area (Å²) < 4.78 is 5.48. The molecule has 1 saturated carbocycles. The average molecular weight is 310 g/mol. The summed E-state index contributed by atoms with van der Waals surface area (Å²) in [5.41, 5.74) is 0. The van der Waals surface area contributed by atoms with E-state index in [1.807, 2.05) is 0 Å². The van der Waals surface area contributed by atoms with Crippen molar-refractivity contribution in [1.29, 1.82) is 0 Å². The highest BCUT2D eigenvalue weighted by atomic mass is 32.1. The highest BCUT2D eigenvalue weighted by molar-refractivity contribution is 7.12. The molecule has 1 heterocycles. The fourth-order valence-electron chi connectivity index (χ4n) is 2.77. The van der Waals surface area contributed by atoms with E-state index in [0.717, 1.165) is 17.7 Å². The smallest absolute Gasteiger partial charge is 0.315 e. The first-order chi connectivity index (χ1) is 10.2. The van der Waals surface area contributed by atoms with Gasteiger partial charge in [-0.15, -0.1) is 11.3 Å². The Morgan fingerprint density at radius 1 is 1.33 bits per heavy atom. The second-order valence-electron chi connectivity index (χ2n) is 5.72. The number of rotatable bonds is 5. The van der Waals surface area contributed by atoms with E-state index in [2.05, 4.69) is 29.7 Å². The number of methoxy groups -OCH3 is 1. The highest BCUT2D eigenvalue weighted by Crippen LogP contribution is 2.24. The van der Waals surface area contributed by atoms with Crippen molar-refractivity contribution in [3.8, 4) is 0 Å². The number of hydrogen-bond donors (Lipinski definition) is 2. The molecule has 4 nitrogen and oxygen atoms in total. The maximum absolute atomic E-state index is 12.0. The molecule has 0 saturated heterocycles. The normalized spacial score (nSPS) is 18.0. The van der Waals surface area contributed by atoms with Gasteiger partial charge in [0.25, 0.3) is 0 Å². The summed E-state index contributed by atoms with van der Waals surface area (Å²) in [6.07, 6.45) is 7.17. The zero-order chi connectivity index (χ0) is 15.1. The molecule has 0 aromatic carbocycles. The summed E-state index contributed by atoms with van der Waals surface area (Å²) in [5, 5.41) is 6.03. The molecule has 1 aromatic heterocycles. The summed E-state index contributed by atoms with van der Waals surface area (Å²) in [5.74, 6) is 0. The number of carbonyl (C=O) groups excluding carboxylic acids is 1. The molecule has 0 spiro atoms. The molecule has 0 bridgehead atoms. The van der Waals surface area contributed by atoms with Crippen LogP contribution in [0.15, 0.2) is 12.1 Å². The lowest BCUT2D eigenvalue weighted by atomic mass is 10.1. The number of ether oxygens (including phenoxy) is 1. The lowest BCUT2D eigenvalue weighted by Crippen LogP contribution is -2.43. The minimum absolute atomic E-state index is 0.0661. The van der Waals surface area contributed by atoms with E-state index in [0.29, 0.717) is 12.6 Å². The summed E-state index contributed by atoms with van der Waals surface area (Å²) in [6, 6.07) is 4.41. The van der Waals surface area contributed by atoms with Crippen molar-refractivity contribution in [3.05, 3.63) is 21.9 Å². The molecule has 0 aliphatic heterocycles. The van der Waals surface area contributed by atoms with Gasteiger partial charge in [-0.2, -0.15) is 0 Å². The molecule has 5 heteroatoms. The monoisotopic (exact) mass is 310 g/mol. The van der Waals surface area contributed by atoms with Gasteiger partial charge in [0.2, 0.25) is 0 Å². The molecule has 2 amide bonds. The van der Waals surface area contributed by atoms with Crippen molar-refractivity contribution >= 4 is 17.4 Å². The van der Waals surface area contributed by atoms with Gasteiger partial charge in [0, 0.05) is 22.9 Å². The van der Waals surface area contributed by atoms with Crippen LogP contribution in [0.5, 0.6) is 0 Å². The van der Waals surface area contributed by atoms with Crippen LogP contribution in [0.25, 0.3) is 0 Å². The second-order valence-corrected chi connectivity index (χ2v) is 7.04. The largest absolute Gasteiger partial charge is 0.374 e. The van der Waals surface area contributed by atoms with E-state index in [4.69, 9.17) is 4.74 Å². The van der Waals surface area contributed by atoms with Gasteiger partial charge in [0.15, 0.2) is 0 Å². The van der Waals surface area contributed by atoms with Crippen LogP contribution in [0.3, 0.4) is 0 Å². The van der Waals surface area contributed by atoms with Gasteiger partial charge in [-0.1, -0.05) is 25.7 Å². The van der Waals surface area contributed by atoms with Crippen molar-refractivity contribution in [2.75, 3.05) is 13.7 Å². The Balaban J connectivity index is 1.76. The van der Waals surface area contributed by atoms with Gasteiger partial charge in [-0.05, 0) is 31.9 Å². The molecule has 118 valence electrons. The lowest BCUT2D eigenvalue weighted by molar-refractivity contribution is 0.106. The van der Waals surface area contributed by atoms with Gasteiger partial charge < -0.3 is 15.4 Å². The lowest BCUT2D eigenvalue weighted by Gasteiger charge is -2.19. The topological polar surface area (TPSA) is 50.4 Å². The van der Waals surface area contributed by atoms with Gasteiger partial charge >= 0.3 is 6.03 Å². The second kappa shape index (κ2) is 8.39. The van der Waals surface area contributed by atoms with E-state index in [1.54, 1.807) is 18.4 Å².